The summed E-state index contributed by atoms with van der Waals surface area (Å²) in [5.41, 5.74) is 1.42. The van der Waals surface area contributed by atoms with E-state index in [0.717, 1.165) is 6.54 Å². The molecule has 0 saturated carbocycles. The third-order valence-electron chi connectivity index (χ3n) is 3.89. The summed E-state index contributed by atoms with van der Waals surface area (Å²) in [7, 11) is 0. The molecule has 2 rings (SSSR count). The number of nitrogens with one attached hydrogen (secondary N) is 1. The highest BCUT2D eigenvalue weighted by atomic mass is 32.2. The second-order valence-electron chi connectivity index (χ2n) is 6.19. The van der Waals surface area contributed by atoms with Crippen molar-refractivity contribution in [3.63, 3.8) is 0 Å². The molecule has 112 valence electrons. The molecule has 2 nitrogen and oxygen atoms in total. The number of hydrogen-bond donors (Lipinski definition) is 1. The smallest absolute Gasteiger partial charge is 0.0332 e. The van der Waals surface area contributed by atoms with Gasteiger partial charge in [-0.05, 0) is 32.4 Å². The van der Waals surface area contributed by atoms with Crippen LogP contribution in [-0.2, 0) is 0 Å². The summed E-state index contributed by atoms with van der Waals surface area (Å²) >= 11 is 2.11. The van der Waals surface area contributed by atoms with Gasteiger partial charge in [0.25, 0.3) is 0 Å². The molecule has 0 spiro atoms. The van der Waals surface area contributed by atoms with Gasteiger partial charge in [0.15, 0.2) is 0 Å². The number of benzene rings is 1. The molecular weight excluding hydrogens is 264 g/mol. The van der Waals surface area contributed by atoms with Crippen LogP contribution in [0.25, 0.3) is 0 Å². The molecule has 1 atom stereocenters. The van der Waals surface area contributed by atoms with Crippen LogP contribution in [0.4, 0.5) is 0 Å². The van der Waals surface area contributed by atoms with Crippen LogP contribution in [0.3, 0.4) is 0 Å². The molecule has 1 unspecified atom stereocenters. The van der Waals surface area contributed by atoms with Gasteiger partial charge in [-0.1, -0.05) is 37.3 Å². The van der Waals surface area contributed by atoms with Crippen molar-refractivity contribution in [1.29, 1.82) is 0 Å². The summed E-state index contributed by atoms with van der Waals surface area (Å²) < 4.78 is 0.415. The van der Waals surface area contributed by atoms with Gasteiger partial charge in [-0.25, -0.2) is 0 Å². The molecule has 20 heavy (non-hydrogen) atoms. The molecule has 3 heteroatoms. The summed E-state index contributed by atoms with van der Waals surface area (Å²) in [6.07, 6.45) is 1.19. The third kappa shape index (κ3) is 4.80. The fourth-order valence-electron chi connectivity index (χ4n) is 2.94. The largest absolute Gasteiger partial charge is 0.310 e. The van der Waals surface area contributed by atoms with Crippen LogP contribution in [0.1, 0.15) is 38.8 Å². The second kappa shape index (κ2) is 7.48. The van der Waals surface area contributed by atoms with Gasteiger partial charge in [0, 0.05) is 36.2 Å². The molecule has 1 saturated heterocycles. The lowest BCUT2D eigenvalue weighted by Crippen LogP contribution is -2.44. The monoisotopic (exact) mass is 292 g/mol. The lowest BCUT2D eigenvalue weighted by atomic mass is 10.0. The van der Waals surface area contributed by atoms with Crippen LogP contribution in [0.5, 0.6) is 0 Å². The van der Waals surface area contributed by atoms with Crippen molar-refractivity contribution in [3.05, 3.63) is 35.9 Å². The van der Waals surface area contributed by atoms with E-state index in [0.29, 0.717) is 10.8 Å². The maximum absolute atomic E-state index is 3.63. The van der Waals surface area contributed by atoms with Crippen LogP contribution in [0.15, 0.2) is 30.3 Å². The first-order valence-corrected chi connectivity index (χ1v) is 8.74. The molecule has 0 aromatic heterocycles. The predicted molar refractivity (Wildman–Crippen MR) is 90.5 cm³/mol. The first-order chi connectivity index (χ1) is 9.61. The van der Waals surface area contributed by atoms with Crippen LogP contribution < -0.4 is 5.32 Å². The summed E-state index contributed by atoms with van der Waals surface area (Å²) in [5.74, 6) is 1.27. The van der Waals surface area contributed by atoms with E-state index < -0.39 is 0 Å². The Balaban J connectivity index is 1.89. The first kappa shape index (κ1) is 15.9. The molecule has 0 bridgehead atoms. The SMILES string of the molecule is CCNC(CCN1CCSC(C)(C)C1)c1ccccc1. The highest BCUT2D eigenvalue weighted by Crippen LogP contribution is 2.30. The van der Waals surface area contributed by atoms with Gasteiger partial charge in [0.05, 0.1) is 0 Å². The van der Waals surface area contributed by atoms with E-state index in [1.165, 1.54) is 37.4 Å². The van der Waals surface area contributed by atoms with Gasteiger partial charge in [-0.2, -0.15) is 11.8 Å². The zero-order chi connectivity index (χ0) is 14.4. The van der Waals surface area contributed by atoms with E-state index in [-0.39, 0.29) is 0 Å². The molecule has 1 aromatic rings. The van der Waals surface area contributed by atoms with Gasteiger partial charge in [-0.3, -0.25) is 0 Å². The maximum Gasteiger partial charge on any atom is 0.0332 e. The zero-order valence-electron chi connectivity index (χ0n) is 13.1. The Labute approximate surface area is 128 Å². The van der Waals surface area contributed by atoms with Crippen molar-refractivity contribution in [2.45, 2.75) is 38.0 Å². The molecule has 1 aliphatic rings. The minimum atomic E-state index is 0.415. The third-order valence-corrected chi connectivity index (χ3v) is 5.19. The molecule has 1 N–H and O–H groups in total. The van der Waals surface area contributed by atoms with E-state index in [1.54, 1.807) is 0 Å². The molecule has 1 aromatic carbocycles. The van der Waals surface area contributed by atoms with Gasteiger partial charge < -0.3 is 10.2 Å². The Bertz CT molecular complexity index is 391. The quantitative estimate of drug-likeness (QED) is 0.863. The van der Waals surface area contributed by atoms with Crippen LogP contribution in [-0.4, -0.2) is 41.6 Å². The Morgan fingerprint density at radius 3 is 2.70 bits per heavy atom. The standard InChI is InChI=1S/C17H28N2S/c1-4-18-16(15-8-6-5-7-9-15)10-11-19-12-13-20-17(2,3)14-19/h5-9,16,18H,4,10-14H2,1-3H3. The van der Waals surface area contributed by atoms with Crippen LogP contribution in [0.2, 0.25) is 0 Å². The van der Waals surface area contributed by atoms with Crippen molar-refractivity contribution < 1.29 is 0 Å². The topological polar surface area (TPSA) is 15.3 Å². The average molecular weight is 292 g/mol. The van der Waals surface area contributed by atoms with Crippen molar-refractivity contribution >= 4 is 11.8 Å². The summed E-state index contributed by atoms with van der Waals surface area (Å²) in [6.45, 7) is 11.6. The Hall–Kier alpha value is -0.510. The van der Waals surface area contributed by atoms with Crippen LogP contribution >= 0.6 is 11.8 Å². The normalized spacial score (nSPS) is 20.8. The first-order valence-electron chi connectivity index (χ1n) is 7.75. The molecule has 1 aliphatic heterocycles. The van der Waals surface area contributed by atoms with E-state index in [4.69, 9.17) is 0 Å². The minimum Gasteiger partial charge on any atom is -0.310 e. The summed E-state index contributed by atoms with van der Waals surface area (Å²) in [6, 6.07) is 11.3. The number of nitrogens with zero attached hydrogens (tertiary/aromatic N) is 1. The number of hydrogen-bond acceptors (Lipinski definition) is 3. The van der Waals surface area contributed by atoms with Crippen molar-refractivity contribution in [3.8, 4) is 0 Å². The highest BCUT2D eigenvalue weighted by Gasteiger charge is 2.27. The Kier molecular flexibility index (Phi) is 5.94. The second-order valence-corrected chi connectivity index (χ2v) is 8.00. The minimum absolute atomic E-state index is 0.415. The molecule has 0 radical (unpaired) electrons. The Morgan fingerprint density at radius 1 is 1.30 bits per heavy atom. The summed E-state index contributed by atoms with van der Waals surface area (Å²) in [4.78, 5) is 2.63. The lowest BCUT2D eigenvalue weighted by Gasteiger charge is -2.38. The average Bonchev–Trinajstić information content (AvgIpc) is 2.43. The fraction of sp³-hybridized carbons (Fsp3) is 0.647. The number of rotatable bonds is 6. The van der Waals surface area contributed by atoms with Crippen molar-refractivity contribution in [1.82, 2.24) is 10.2 Å². The highest BCUT2D eigenvalue weighted by molar-refractivity contribution is 8.00. The van der Waals surface area contributed by atoms with Gasteiger partial charge in [0.2, 0.25) is 0 Å². The van der Waals surface area contributed by atoms with E-state index >= 15 is 0 Å². The lowest BCUT2D eigenvalue weighted by molar-refractivity contribution is 0.245. The molecule has 0 amide bonds. The van der Waals surface area contributed by atoms with E-state index in [2.05, 4.69) is 73.1 Å². The van der Waals surface area contributed by atoms with Crippen LogP contribution in [0, 0.1) is 0 Å². The molecule has 0 aliphatic carbocycles. The summed E-state index contributed by atoms with van der Waals surface area (Å²) in [5, 5.41) is 3.63. The maximum atomic E-state index is 3.63. The van der Waals surface area contributed by atoms with Gasteiger partial charge in [-0.15, -0.1) is 0 Å². The van der Waals surface area contributed by atoms with E-state index in [9.17, 15) is 0 Å². The zero-order valence-corrected chi connectivity index (χ0v) is 13.9. The molecular formula is C17H28N2S. The van der Waals surface area contributed by atoms with Crippen molar-refractivity contribution in [2.24, 2.45) is 0 Å². The Morgan fingerprint density at radius 2 is 2.05 bits per heavy atom. The number of thioether (sulfide) groups is 1. The van der Waals surface area contributed by atoms with Gasteiger partial charge in [0.1, 0.15) is 0 Å². The van der Waals surface area contributed by atoms with Crippen molar-refractivity contribution in [2.75, 3.05) is 31.9 Å². The van der Waals surface area contributed by atoms with Gasteiger partial charge >= 0.3 is 0 Å². The van der Waals surface area contributed by atoms with E-state index in [1.807, 2.05) is 0 Å². The molecule has 1 heterocycles. The predicted octanol–water partition coefficient (Wildman–Crippen LogP) is 3.55. The molecule has 1 fully saturated rings. The fourth-order valence-corrected chi connectivity index (χ4v) is 4.11.